The van der Waals surface area contributed by atoms with Gasteiger partial charge in [-0.3, -0.25) is 9.59 Å². The first-order valence-electron chi connectivity index (χ1n) is 6.02. The molecule has 0 unspecified atom stereocenters. The maximum Gasteiger partial charge on any atom is 0.255 e. The zero-order chi connectivity index (χ0) is 14.5. The van der Waals surface area contributed by atoms with Crippen LogP contribution in [0.5, 0.6) is 5.88 Å². The normalized spacial score (nSPS) is 9.90. The van der Waals surface area contributed by atoms with Gasteiger partial charge in [0.15, 0.2) is 5.78 Å². The van der Waals surface area contributed by atoms with Crippen molar-refractivity contribution in [3.05, 3.63) is 53.7 Å². The summed E-state index contributed by atoms with van der Waals surface area (Å²) < 4.78 is 4.97. The Morgan fingerprint density at radius 2 is 1.95 bits per heavy atom. The summed E-state index contributed by atoms with van der Waals surface area (Å²) in [6.07, 6.45) is 1.50. The molecule has 2 aromatic rings. The molecule has 2 rings (SSSR count). The van der Waals surface area contributed by atoms with Crippen LogP contribution in [0.15, 0.2) is 42.6 Å². The Hall–Kier alpha value is -2.69. The third-order valence-electron chi connectivity index (χ3n) is 2.73. The number of carbonyl (C=O) groups is 2. The van der Waals surface area contributed by atoms with Gasteiger partial charge in [0.2, 0.25) is 5.88 Å². The van der Waals surface area contributed by atoms with Crippen molar-refractivity contribution in [3.8, 4) is 5.88 Å². The van der Waals surface area contributed by atoms with Crippen LogP contribution in [0.3, 0.4) is 0 Å². The van der Waals surface area contributed by atoms with Gasteiger partial charge in [-0.25, -0.2) is 4.98 Å². The van der Waals surface area contributed by atoms with E-state index in [0.29, 0.717) is 22.7 Å². The second kappa shape index (κ2) is 5.97. The Bertz CT molecular complexity index is 653. The molecule has 0 atom stereocenters. The highest BCUT2D eigenvalue weighted by molar-refractivity contribution is 6.05. The van der Waals surface area contributed by atoms with E-state index in [2.05, 4.69) is 10.3 Å². The van der Waals surface area contributed by atoms with Crippen LogP contribution in [-0.4, -0.2) is 23.8 Å². The van der Waals surface area contributed by atoms with Crippen LogP contribution in [0.2, 0.25) is 0 Å². The molecule has 1 N–H and O–H groups in total. The number of anilines is 1. The molecule has 5 heteroatoms. The van der Waals surface area contributed by atoms with Crippen molar-refractivity contribution >= 4 is 17.4 Å². The number of rotatable bonds is 4. The summed E-state index contributed by atoms with van der Waals surface area (Å²) in [5.74, 6) is 0.0354. The van der Waals surface area contributed by atoms with Crippen molar-refractivity contribution in [3.63, 3.8) is 0 Å². The molecule has 5 nitrogen and oxygen atoms in total. The summed E-state index contributed by atoms with van der Waals surface area (Å²) in [7, 11) is 1.49. The van der Waals surface area contributed by atoms with Crippen LogP contribution >= 0.6 is 0 Å². The number of amides is 1. The maximum atomic E-state index is 12.1. The van der Waals surface area contributed by atoms with Gasteiger partial charge in [-0.2, -0.15) is 0 Å². The standard InChI is InChI=1S/C15H14N2O3/c1-10(18)11-4-3-5-13(8-11)17-15(19)12-6-7-16-14(9-12)20-2/h3-9H,1-2H3,(H,17,19). The predicted octanol–water partition coefficient (Wildman–Crippen LogP) is 2.55. The molecular weight excluding hydrogens is 256 g/mol. The molecule has 1 heterocycles. The van der Waals surface area contributed by atoms with Gasteiger partial charge in [0.25, 0.3) is 5.91 Å². The molecule has 1 aromatic heterocycles. The highest BCUT2D eigenvalue weighted by Gasteiger charge is 2.08. The molecule has 0 saturated heterocycles. The number of carbonyl (C=O) groups excluding carboxylic acids is 2. The molecule has 0 radical (unpaired) electrons. The lowest BCUT2D eigenvalue weighted by Crippen LogP contribution is -2.12. The Morgan fingerprint density at radius 1 is 1.15 bits per heavy atom. The summed E-state index contributed by atoms with van der Waals surface area (Å²) in [4.78, 5) is 27.3. The Balaban J connectivity index is 2.18. The van der Waals surface area contributed by atoms with E-state index in [9.17, 15) is 9.59 Å². The molecule has 0 spiro atoms. The van der Waals surface area contributed by atoms with E-state index in [1.54, 1.807) is 36.4 Å². The number of hydrogen-bond donors (Lipinski definition) is 1. The maximum absolute atomic E-state index is 12.1. The first-order chi connectivity index (χ1) is 9.60. The third kappa shape index (κ3) is 3.20. The minimum absolute atomic E-state index is 0.0494. The van der Waals surface area contributed by atoms with E-state index < -0.39 is 0 Å². The number of Topliss-reactive ketones (excluding diaryl/α,β-unsaturated/α-hetero) is 1. The number of pyridine rings is 1. The number of methoxy groups -OCH3 is 1. The fraction of sp³-hybridized carbons (Fsp3) is 0.133. The van der Waals surface area contributed by atoms with E-state index in [0.717, 1.165) is 0 Å². The van der Waals surface area contributed by atoms with Crippen molar-refractivity contribution < 1.29 is 14.3 Å². The van der Waals surface area contributed by atoms with Crippen LogP contribution in [0.4, 0.5) is 5.69 Å². The van der Waals surface area contributed by atoms with Crippen LogP contribution in [-0.2, 0) is 0 Å². The highest BCUT2D eigenvalue weighted by Crippen LogP contribution is 2.14. The lowest BCUT2D eigenvalue weighted by atomic mass is 10.1. The topological polar surface area (TPSA) is 68.3 Å². The average molecular weight is 270 g/mol. The first-order valence-corrected chi connectivity index (χ1v) is 6.02. The number of benzene rings is 1. The molecule has 1 aromatic carbocycles. The van der Waals surface area contributed by atoms with E-state index in [1.807, 2.05) is 0 Å². The van der Waals surface area contributed by atoms with Gasteiger partial charge in [-0.05, 0) is 25.1 Å². The number of nitrogens with one attached hydrogen (secondary N) is 1. The van der Waals surface area contributed by atoms with E-state index in [4.69, 9.17) is 4.74 Å². The Labute approximate surface area is 116 Å². The van der Waals surface area contributed by atoms with Crippen molar-refractivity contribution in [1.82, 2.24) is 4.98 Å². The quantitative estimate of drug-likeness (QED) is 0.867. The smallest absolute Gasteiger partial charge is 0.255 e. The molecule has 0 fully saturated rings. The van der Waals surface area contributed by atoms with E-state index in [-0.39, 0.29) is 11.7 Å². The Kier molecular flexibility index (Phi) is 4.10. The number of nitrogens with zero attached hydrogens (tertiary/aromatic N) is 1. The van der Waals surface area contributed by atoms with Crippen LogP contribution in [0.1, 0.15) is 27.6 Å². The molecule has 0 aliphatic carbocycles. The van der Waals surface area contributed by atoms with Crippen LogP contribution in [0, 0.1) is 0 Å². The third-order valence-corrected chi connectivity index (χ3v) is 2.73. The lowest BCUT2D eigenvalue weighted by molar-refractivity contribution is 0.101. The number of hydrogen-bond acceptors (Lipinski definition) is 4. The minimum Gasteiger partial charge on any atom is -0.481 e. The summed E-state index contributed by atoms with van der Waals surface area (Å²) in [5.41, 5.74) is 1.55. The van der Waals surface area contributed by atoms with Crippen molar-refractivity contribution in [2.75, 3.05) is 12.4 Å². The van der Waals surface area contributed by atoms with Gasteiger partial charge < -0.3 is 10.1 Å². The molecule has 102 valence electrons. The zero-order valence-electron chi connectivity index (χ0n) is 11.2. The molecule has 1 amide bonds. The molecule has 0 aliphatic rings. The second-order valence-electron chi connectivity index (χ2n) is 4.18. The molecule has 0 saturated carbocycles. The minimum atomic E-state index is -0.286. The van der Waals surface area contributed by atoms with Crippen LogP contribution in [0.25, 0.3) is 0 Å². The van der Waals surface area contributed by atoms with Crippen molar-refractivity contribution in [2.24, 2.45) is 0 Å². The predicted molar refractivity (Wildman–Crippen MR) is 75.2 cm³/mol. The van der Waals surface area contributed by atoms with Gasteiger partial charge >= 0.3 is 0 Å². The SMILES string of the molecule is COc1cc(C(=O)Nc2cccc(C(C)=O)c2)ccn1. The fourth-order valence-electron chi connectivity index (χ4n) is 1.68. The van der Waals surface area contributed by atoms with Gasteiger partial charge in [0.1, 0.15) is 0 Å². The van der Waals surface area contributed by atoms with E-state index >= 15 is 0 Å². The van der Waals surface area contributed by atoms with Gasteiger partial charge in [-0.1, -0.05) is 12.1 Å². The summed E-state index contributed by atoms with van der Waals surface area (Å²) in [6, 6.07) is 9.92. The monoisotopic (exact) mass is 270 g/mol. The average Bonchev–Trinajstić information content (AvgIpc) is 2.47. The largest absolute Gasteiger partial charge is 0.481 e. The van der Waals surface area contributed by atoms with Crippen LogP contribution < -0.4 is 10.1 Å². The van der Waals surface area contributed by atoms with Gasteiger partial charge in [0.05, 0.1) is 7.11 Å². The second-order valence-corrected chi connectivity index (χ2v) is 4.18. The van der Waals surface area contributed by atoms with Crippen molar-refractivity contribution in [2.45, 2.75) is 6.92 Å². The summed E-state index contributed by atoms with van der Waals surface area (Å²) in [6.45, 7) is 1.48. The molecule has 0 bridgehead atoms. The summed E-state index contributed by atoms with van der Waals surface area (Å²) >= 11 is 0. The number of ether oxygens (including phenoxy) is 1. The number of aromatic nitrogens is 1. The van der Waals surface area contributed by atoms with E-state index in [1.165, 1.54) is 20.2 Å². The number of ketones is 1. The summed E-state index contributed by atoms with van der Waals surface area (Å²) in [5, 5.41) is 2.73. The Morgan fingerprint density at radius 3 is 2.65 bits per heavy atom. The lowest BCUT2D eigenvalue weighted by Gasteiger charge is -2.07. The highest BCUT2D eigenvalue weighted by atomic mass is 16.5. The fourth-order valence-corrected chi connectivity index (χ4v) is 1.68. The molecular formula is C15H14N2O3. The molecule has 20 heavy (non-hydrogen) atoms. The first kappa shape index (κ1) is 13.7. The van der Waals surface area contributed by atoms with Crippen molar-refractivity contribution in [1.29, 1.82) is 0 Å². The van der Waals surface area contributed by atoms with Gasteiger partial charge in [0, 0.05) is 29.1 Å². The zero-order valence-corrected chi connectivity index (χ0v) is 11.2. The van der Waals surface area contributed by atoms with Gasteiger partial charge in [-0.15, -0.1) is 0 Å². The molecule has 0 aliphatic heterocycles.